The molecule has 8 nitrogen and oxygen atoms in total. The monoisotopic (exact) mass is 395 g/mol. The molecule has 1 unspecified atom stereocenters. The van der Waals surface area contributed by atoms with Crippen molar-refractivity contribution in [1.29, 1.82) is 0 Å². The minimum Gasteiger partial charge on any atom is -0.394 e. The van der Waals surface area contributed by atoms with Crippen LogP contribution in [0.15, 0.2) is 22.1 Å². The van der Waals surface area contributed by atoms with E-state index in [9.17, 15) is 15.0 Å². The third kappa shape index (κ3) is 2.63. The van der Waals surface area contributed by atoms with Crippen LogP contribution in [0.3, 0.4) is 0 Å². The molecular formula is C11H14IN3O5. The Hall–Kier alpha value is -0.880. The van der Waals surface area contributed by atoms with Gasteiger partial charge in [0.2, 0.25) is 0 Å². The highest BCUT2D eigenvalue weighted by atomic mass is 127. The van der Waals surface area contributed by atoms with Gasteiger partial charge in [-0.05, 0) is 35.6 Å². The van der Waals surface area contributed by atoms with Crippen molar-refractivity contribution in [1.82, 2.24) is 9.55 Å². The van der Waals surface area contributed by atoms with Crippen LogP contribution >= 0.6 is 22.6 Å². The van der Waals surface area contributed by atoms with E-state index >= 15 is 0 Å². The predicted molar refractivity (Wildman–Crippen MR) is 78.3 cm³/mol. The number of aliphatic imine (C=N–C) groups is 1. The van der Waals surface area contributed by atoms with Gasteiger partial charge in [0.25, 0.3) is 0 Å². The Kier molecular flexibility index (Phi) is 4.54. The van der Waals surface area contributed by atoms with Gasteiger partial charge < -0.3 is 20.1 Å². The Morgan fingerprint density at radius 3 is 2.90 bits per heavy atom. The van der Waals surface area contributed by atoms with Crippen LogP contribution in [0.4, 0.5) is 5.82 Å². The number of aliphatic hydroxyl groups excluding tert-OH is 2. The lowest BCUT2D eigenvalue weighted by Crippen LogP contribution is -2.46. The molecule has 0 radical (unpaired) electrons. The van der Waals surface area contributed by atoms with E-state index in [4.69, 9.17) is 9.84 Å². The summed E-state index contributed by atoms with van der Waals surface area (Å²) in [5.41, 5.74) is -2.38. The Bertz CT molecular complexity index is 573. The second-order valence-electron chi connectivity index (χ2n) is 4.58. The number of hydrogen-bond acceptors (Lipinski definition) is 7. The summed E-state index contributed by atoms with van der Waals surface area (Å²) in [6.45, 7) is 0.870. The van der Waals surface area contributed by atoms with Gasteiger partial charge in [0.1, 0.15) is 17.8 Å². The fourth-order valence-electron chi connectivity index (χ4n) is 2.09. The van der Waals surface area contributed by atoms with Crippen molar-refractivity contribution >= 4 is 32.6 Å². The maximum atomic E-state index is 11.9. The topological polar surface area (TPSA) is 117 Å². The number of ether oxygens (including phenoxy) is 1. The highest BCUT2D eigenvalue weighted by Gasteiger charge is 2.53. The smallest absolute Gasteiger partial charge is 0.351 e. The van der Waals surface area contributed by atoms with Gasteiger partial charge in [-0.2, -0.15) is 4.98 Å². The molecule has 9 heteroatoms. The van der Waals surface area contributed by atoms with Crippen LogP contribution in [-0.2, 0) is 4.74 Å². The molecule has 0 saturated carbocycles. The molecule has 0 bridgehead atoms. The molecule has 2 heterocycles. The summed E-state index contributed by atoms with van der Waals surface area (Å²) in [4.78, 5) is 19.5. The first-order chi connectivity index (χ1) is 9.41. The van der Waals surface area contributed by atoms with Gasteiger partial charge in [-0.1, -0.05) is 0 Å². The molecule has 0 spiro atoms. The van der Waals surface area contributed by atoms with Crippen molar-refractivity contribution in [3.63, 3.8) is 0 Å². The zero-order valence-corrected chi connectivity index (χ0v) is 12.7. The van der Waals surface area contributed by atoms with Crippen LogP contribution in [0.5, 0.6) is 0 Å². The first kappa shape index (κ1) is 15.5. The Morgan fingerprint density at radius 1 is 1.70 bits per heavy atom. The second-order valence-corrected chi connectivity index (χ2v) is 5.14. The Morgan fingerprint density at radius 2 is 2.40 bits per heavy atom. The quantitative estimate of drug-likeness (QED) is 0.462. The minimum absolute atomic E-state index is 0.234. The highest BCUT2D eigenvalue weighted by molar-refractivity contribution is 14.1. The van der Waals surface area contributed by atoms with Crippen molar-refractivity contribution < 1.29 is 20.1 Å². The van der Waals surface area contributed by atoms with E-state index < -0.39 is 36.3 Å². The van der Waals surface area contributed by atoms with E-state index in [1.54, 1.807) is 0 Å². The van der Waals surface area contributed by atoms with Gasteiger partial charge in [0.15, 0.2) is 12.0 Å². The first-order valence-electron chi connectivity index (χ1n) is 5.80. The summed E-state index contributed by atoms with van der Waals surface area (Å²) in [6, 6.07) is 1.48. The SMILES string of the molecule is CC1(O)[C@@H](O)[C@@H](CO)O[C@H]1n1ccc(N=CI)nc1=O. The van der Waals surface area contributed by atoms with Gasteiger partial charge in [-0.25, -0.2) is 9.79 Å². The van der Waals surface area contributed by atoms with Crippen LogP contribution in [0, 0.1) is 0 Å². The van der Waals surface area contributed by atoms with E-state index in [0.29, 0.717) is 0 Å². The fourth-order valence-corrected chi connectivity index (χ4v) is 2.38. The van der Waals surface area contributed by atoms with Gasteiger partial charge in [-0.15, -0.1) is 0 Å². The summed E-state index contributed by atoms with van der Waals surface area (Å²) in [7, 11) is 0. The third-order valence-corrected chi connectivity index (χ3v) is 3.46. The predicted octanol–water partition coefficient (Wildman–Crippen LogP) is -0.660. The van der Waals surface area contributed by atoms with Crippen molar-refractivity contribution in [3.8, 4) is 0 Å². The molecule has 1 aliphatic heterocycles. The lowest BCUT2D eigenvalue weighted by Gasteiger charge is -2.27. The van der Waals surface area contributed by atoms with Crippen LogP contribution in [0.2, 0.25) is 0 Å². The lowest BCUT2D eigenvalue weighted by molar-refractivity contribution is -0.0986. The fraction of sp³-hybridized carbons (Fsp3) is 0.545. The van der Waals surface area contributed by atoms with Crippen molar-refractivity contribution in [2.24, 2.45) is 4.99 Å². The molecule has 4 atom stereocenters. The average molecular weight is 395 g/mol. The summed E-state index contributed by atoms with van der Waals surface area (Å²) < 4.78 is 7.87. The van der Waals surface area contributed by atoms with Crippen molar-refractivity contribution in [2.75, 3.05) is 6.61 Å². The lowest BCUT2D eigenvalue weighted by atomic mass is 9.96. The Balaban J connectivity index is 2.39. The van der Waals surface area contributed by atoms with Crippen LogP contribution < -0.4 is 5.69 Å². The normalized spacial score (nSPS) is 34.0. The largest absolute Gasteiger partial charge is 0.394 e. The maximum Gasteiger partial charge on any atom is 0.351 e. The first-order valence-corrected chi connectivity index (χ1v) is 7.05. The number of halogens is 1. The molecule has 1 aromatic heterocycles. The molecule has 1 saturated heterocycles. The summed E-state index contributed by atoms with van der Waals surface area (Å²) in [5, 5.41) is 29.3. The molecule has 1 aromatic rings. The summed E-state index contributed by atoms with van der Waals surface area (Å²) in [5.74, 6) is 0.234. The van der Waals surface area contributed by atoms with E-state index in [1.807, 2.05) is 22.6 Å². The average Bonchev–Trinajstić information content (AvgIpc) is 2.62. The number of nitrogens with zero attached hydrogens (tertiary/aromatic N) is 3. The zero-order chi connectivity index (χ0) is 14.9. The van der Waals surface area contributed by atoms with Gasteiger partial charge in [-0.3, -0.25) is 4.57 Å². The van der Waals surface area contributed by atoms with Crippen LogP contribution in [0.1, 0.15) is 13.2 Å². The molecule has 0 amide bonds. The molecule has 2 rings (SSSR count). The van der Waals surface area contributed by atoms with Crippen LogP contribution in [0.25, 0.3) is 0 Å². The molecule has 3 N–H and O–H groups in total. The van der Waals surface area contributed by atoms with E-state index in [2.05, 4.69) is 9.98 Å². The van der Waals surface area contributed by atoms with Gasteiger partial charge in [0, 0.05) is 6.20 Å². The number of rotatable bonds is 3. The van der Waals surface area contributed by atoms with Crippen LogP contribution in [-0.4, -0.2) is 53.5 Å². The number of aromatic nitrogens is 2. The number of aliphatic hydroxyl groups is 3. The van der Waals surface area contributed by atoms with E-state index in [-0.39, 0.29) is 5.82 Å². The standard InChI is InChI=1S/C11H14IN3O5/c1-11(19)8(17)6(4-16)20-9(11)15-3-2-7(13-5-12)14-10(15)18/h2-3,5-6,8-9,16-17,19H,4H2,1H3/t6-,8+,9-,11?/m1/s1. The van der Waals surface area contributed by atoms with Gasteiger partial charge >= 0.3 is 5.69 Å². The second kappa shape index (κ2) is 5.85. The van der Waals surface area contributed by atoms with E-state index in [1.165, 1.54) is 23.4 Å². The minimum atomic E-state index is -1.72. The third-order valence-electron chi connectivity index (χ3n) is 3.18. The van der Waals surface area contributed by atoms with Gasteiger partial charge in [0.05, 0.1) is 10.8 Å². The molecule has 1 fully saturated rings. The number of hydrogen-bond donors (Lipinski definition) is 3. The molecule has 0 aliphatic carbocycles. The summed E-state index contributed by atoms with van der Waals surface area (Å²) >= 11 is 1.90. The summed E-state index contributed by atoms with van der Waals surface area (Å²) in [6.07, 6.45) is -2.03. The molecule has 20 heavy (non-hydrogen) atoms. The molecule has 0 aromatic carbocycles. The van der Waals surface area contributed by atoms with Crippen molar-refractivity contribution in [2.45, 2.75) is 31.0 Å². The van der Waals surface area contributed by atoms with E-state index in [0.717, 1.165) is 4.57 Å². The molecule has 110 valence electrons. The zero-order valence-electron chi connectivity index (χ0n) is 10.5. The maximum absolute atomic E-state index is 11.9. The molecule has 1 aliphatic rings. The van der Waals surface area contributed by atoms with Crippen molar-refractivity contribution in [3.05, 3.63) is 22.7 Å². The highest BCUT2D eigenvalue weighted by Crippen LogP contribution is 2.37. The Labute approximate surface area is 127 Å². The molecular weight excluding hydrogens is 381 g/mol.